The Morgan fingerprint density at radius 2 is 1.03 bits per heavy atom. The number of fused-ring (bicyclic) bond motifs is 7. The minimum absolute atomic E-state index is 0.101. The van der Waals surface area contributed by atoms with Crippen LogP contribution >= 0.6 is 0 Å². The smallest absolute Gasteiger partial charge is 0.248 e. The summed E-state index contributed by atoms with van der Waals surface area (Å²) in [6.45, 7) is 4.27. The summed E-state index contributed by atoms with van der Waals surface area (Å²) in [6, 6.07) is 64.5. The zero-order valence-electron chi connectivity index (χ0n) is 67.2. The standard InChI is InChI=1S/C22H18N4O2.C21H21N3O2.C20H19N5O2.C18H12N4O.C15H12N4/c23-22(28)16-4-5-17-13-25-21(19(17)12-16)15-2-1-3-18(11-15)26-20(27)10-14-6-8-24-9-7-14;22-20(25)15-8-9-16-12-23-19(18(16)11-15)14-6-3-7-17(10-14)24-21(26)13-4-1-2-5-13;1-25(2)10-18-22-20(24-23-18)13-3-4-14-9-21-19(15(14)7-13)12-5-6-16-17(8-12)27-11-26-16;1-2-4-15-11(3-1)8-16(23-15)17-14-7-12(18-20-10-21-22-18)5-6-13(14)9-19-17;1-2-4-10(3-1)14-13-7-11(15-17-9-18-19-15)5-6-12(13)8-16-14/h1-9,11-12H,10,13H2,(H2,23,28)(H,26,27);3,6-11,13H,1-2,4-5,12H2,(H2,22,25)(H,24,26);3-8H,9-11H2,1-2H3,(H,22,23,24);1-8,10H,9H2,(H,20,21,22);1-3,5-7,9H,4,8H2,(H,17,18,19). The zero-order valence-corrected chi connectivity index (χ0v) is 67.2. The molecule has 608 valence electrons. The number of nitrogens with two attached hydrogens (primary N) is 2. The molecule has 0 saturated heterocycles. The SMILES string of the molecule is C1=CCC(C2=NCc3ccc(-c4ncn[nH]4)cc32)=C1.CN(C)Cc1nc(-c2ccc3c(c2)C(c2ccc4c(c2)OCO4)=NC3)n[nH]1.NC(=O)c1ccc2c(c1)C(c1cccc(NC(=O)C3CCCC3)c1)=NC2.NC(=O)c1ccc2c(c1)C(c1cccc(NC(=O)Cc3ccncc3)c1)=NC2.c1ccc2oc(C3=NCc4ccc(-c5ncn[nH]5)cc43)cc2c1. The first-order valence-electron chi connectivity index (χ1n) is 40.4. The monoisotopic (exact) mass is 1630 g/mol. The number of aromatic nitrogens is 10. The second-order valence-electron chi connectivity index (χ2n) is 30.7. The molecule has 8 aliphatic rings. The van der Waals surface area contributed by atoms with Gasteiger partial charge in [0, 0.05) is 107 Å². The second kappa shape index (κ2) is 35.1. The fourth-order valence-corrected chi connectivity index (χ4v) is 15.9. The molecule has 5 aromatic heterocycles. The first kappa shape index (κ1) is 78.5. The van der Waals surface area contributed by atoms with Crippen molar-refractivity contribution in [2.75, 3.05) is 31.5 Å². The number of para-hydroxylation sites is 1. The van der Waals surface area contributed by atoms with Crippen LogP contribution in [0.4, 0.5) is 11.4 Å². The lowest BCUT2D eigenvalue weighted by Crippen LogP contribution is -2.20. The summed E-state index contributed by atoms with van der Waals surface area (Å²) in [5.74, 6) is 4.66. The van der Waals surface area contributed by atoms with Crippen molar-refractivity contribution in [3.8, 4) is 45.7 Å². The predicted molar refractivity (Wildman–Crippen MR) is 471 cm³/mol. The Kier molecular flexibility index (Phi) is 22.4. The van der Waals surface area contributed by atoms with Gasteiger partial charge in [-0.1, -0.05) is 122 Å². The van der Waals surface area contributed by atoms with E-state index in [4.69, 9.17) is 30.4 Å². The summed E-state index contributed by atoms with van der Waals surface area (Å²) in [7, 11) is 4.01. The van der Waals surface area contributed by atoms with Crippen LogP contribution < -0.4 is 31.6 Å². The van der Waals surface area contributed by atoms with Crippen LogP contribution in [0.1, 0.15) is 142 Å². The topological polar surface area (TPSA) is 379 Å². The number of anilines is 2. The van der Waals surface area contributed by atoms with Gasteiger partial charge in [0.1, 0.15) is 29.8 Å². The molecular weight excluding hydrogens is 1550 g/mol. The Labute approximate surface area is 706 Å². The van der Waals surface area contributed by atoms with E-state index in [1.807, 2.05) is 141 Å². The lowest BCUT2D eigenvalue weighted by molar-refractivity contribution is -0.119. The molecule has 1 fully saturated rings. The van der Waals surface area contributed by atoms with E-state index in [1.54, 1.807) is 36.7 Å². The van der Waals surface area contributed by atoms with E-state index in [0.29, 0.717) is 48.8 Å². The average Bonchev–Trinajstić information content (AvgIpc) is 1.64. The fraction of sp³-hybridized carbons (Fsp3) is 0.167. The second-order valence-corrected chi connectivity index (χ2v) is 30.7. The summed E-state index contributed by atoms with van der Waals surface area (Å²) in [5, 5.41) is 28.0. The van der Waals surface area contributed by atoms with Crippen molar-refractivity contribution in [1.29, 1.82) is 0 Å². The van der Waals surface area contributed by atoms with Gasteiger partial charge in [-0.3, -0.25) is 64.4 Å². The van der Waals surface area contributed by atoms with Crippen molar-refractivity contribution in [3.05, 3.63) is 350 Å². The van der Waals surface area contributed by atoms with E-state index in [0.717, 1.165) is 197 Å². The van der Waals surface area contributed by atoms with Crippen molar-refractivity contribution in [3.63, 3.8) is 0 Å². The molecule has 22 rings (SSSR count). The number of benzene rings is 9. The molecule has 14 aromatic rings. The minimum Gasteiger partial charge on any atom is -0.454 e. The molecule has 4 amide bonds. The van der Waals surface area contributed by atoms with Gasteiger partial charge in [-0.15, -0.1) is 0 Å². The van der Waals surface area contributed by atoms with Crippen molar-refractivity contribution >= 4 is 74.5 Å². The largest absolute Gasteiger partial charge is 0.454 e. The van der Waals surface area contributed by atoms with Crippen molar-refractivity contribution in [1.82, 2.24) is 55.4 Å². The Balaban J connectivity index is 0.000000105. The third-order valence-corrected chi connectivity index (χ3v) is 22.1. The molecule has 0 atom stereocenters. The minimum atomic E-state index is -0.467. The normalized spacial score (nSPS) is 14.4. The maximum Gasteiger partial charge on any atom is 0.248 e. The molecule has 1 saturated carbocycles. The van der Waals surface area contributed by atoms with Crippen LogP contribution in [0, 0.1) is 5.92 Å². The maximum atomic E-state index is 12.4. The Bertz CT molecular complexity index is 6630. The number of aliphatic imine (C=N–C) groups is 5. The number of ether oxygens (including phenoxy) is 2. The molecular formula is C96H82N20O7. The average molecular weight is 1630 g/mol. The van der Waals surface area contributed by atoms with Gasteiger partial charge in [0.05, 0.1) is 68.5 Å². The van der Waals surface area contributed by atoms with Crippen LogP contribution in [0.3, 0.4) is 0 Å². The molecule has 0 radical (unpaired) electrons. The van der Waals surface area contributed by atoms with Crippen LogP contribution in [-0.2, 0) is 55.3 Å². The molecule has 6 aliphatic heterocycles. The van der Waals surface area contributed by atoms with E-state index in [9.17, 15) is 19.2 Å². The third-order valence-electron chi connectivity index (χ3n) is 22.1. The Morgan fingerprint density at radius 1 is 0.504 bits per heavy atom. The summed E-state index contributed by atoms with van der Waals surface area (Å²) < 4.78 is 16.9. The van der Waals surface area contributed by atoms with Gasteiger partial charge in [0.15, 0.2) is 34.7 Å². The number of allylic oxidation sites excluding steroid dienone is 4. The van der Waals surface area contributed by atoms with Crippen LogP contribution in [0.25, 0.3) is 45.1 Å². The molecule has 123 heavy (non-hydrogen) atoms. The van der Waals surface area contributed by atoms with Crippen LogP contribution in [0.15, 0.2) is 278 Å². The number of pyridine rings is 1. The number of nitrogens with zero attached hydrogens (tertiary/aromatic N) is 13. The first-order valence-corrected chi connectivity index (χ1v) is 40.4. The number of aromatic amines is 3. The number of primary amides is 2. The van der Waals surface area contributed by atoms with Crippen molar-refractivity contribution < 1.29 is 33.1 Å². The number of furan rings is 1. The summed E-state index contributed by atoms with van der Waals surface area (Å²) >= 11 is 0. The quantitative estimate of drug-likeness (QED) is 0.0445. The number of nitrogens with one attached hydrogen (secondary N) is 5. The molecule has 11 heterocycles. The van der Waals surface area contributed by atoms with Gasteiger partial charge < -0.3 is 40.9 Å². The van der Waals surface area contributed by atoms with E-state index < -0.39 is 11.8 Å². The number of carbonyl (C=O) groups excluding carboxylic acids is 4. The van der Waals surface area contributed by atoms with E-state index in [2.05, 4.69) is 153 Å². The highest BCUT2D eigenvalue weighted by Gasteiger charge is 2.29. The highest BCUT2D eigenvalue weighted by molar-refractivity contribution is 6.19. The van der Waals surface area contributed by atoms with Crippen LogP contribution in [-0.4, -0.2) is 129 Å². The van der Waals surface area contributed by atoms with Gasteiger partial charge in [0.2, 0.25) is 30.4 Å². The summed E-state index contributed by atoms with van der Waals surface area (Å²) in [6.07, 6.45) is 18.2. The lowest BCUT2D eigenvalue weighted by atomic mass is 9.97. The number of hydrogen-bond acceptors (Lipinski definition) is 20. The first-order chi connectivity index (χ1) is 60.2. The lowest BCUT2D eigenvalue weighted by Gasteiger charge is -2.12. The van der Waals surface area contributed by atoms with E-state index in [1.165, 1.54) is 40.5 Å². The summed E-state index contributed by atoms with van der Waals surface area (Å²) in [4.78, 5) is 90.0. The molecule has 9 aromatic carbocycles. The molecule has 9 N–H and O–H groups in total. The third kappa shape index (κ3) is 17.5. The number of H-pyrrole nitrogens is 3. The fourth-order valence-electron chi connectivity index (χ4n) is 15.9. The Hall–Kier alpha value is -15.6. The molecule has 0 spiro atoms. The van der Waals surface area contributed by atoms with Gasteiger partial charge in [-0.25, -0.2) is 15.0 Å². The highest BCUT2D eigenvalue weighted by atomic mass is 16.7. The zero-order chi connectivity index (χ0) is 83.9. The van der Waals surface area contributed by atoms with E-state index >= 15 is 0 Å². The van der Waals surface area contributed by atoms with Crippen LogP contribution in [0.2, 0.25) is 0 Å². The van der Waals surface area contributed by atoms with Gasteiger partial charge >= 0.3 is 0 Å². The number of rotatable bonds is 17. The summed E-state index contributed by atoms with van der Waals surface area (Å²) in [5.41, 5.74) is 37.8. The van der Waals surface area contributed by atoms with Crippen molar-refractivity contribution in [2.24, 2.45) is 42.3 Å². The number of carbonyl (C=O) groups is 4. The molecule has 2 aliphatic carbocycles. The molecule has 27 heteroatoms. The van der Waals surface area contributed by atoms with Crippen LogP contribution in [0.5, 0.6) is 11.5 Å². The Morgan fingerprint density at radius 3 is 1.61 bits per heavy atom. The maximum absolute atomic E-state index is 12.4. The predicted octanol–water partition coefficient (Wildman–Crippen LogP) is 14.8. The molecule has 0 unspecified atom stereocenters. The van der Waals surface area contributed by atoms with E-state index in [-0.39, 0.29) is 30.9 Å². The highest BCUT2D eigenvalue weighted by Crippen LogP contribution is 2.38. The molecule has 0 bridgehead atoms. The molecule has 27 nitrogen and oxygen atoms in total. The number of amides is 4. The van der Waals surface area contributed by atoms with Gasteiger partial charge in [-0.2, -0.15) is 15.3 Å². The number of hydrogen-bond donors (Lipinski definition) is 7. The van der Waals surface area contributed by atoms with Gasteiger partial charge in [0.25, 0.3) is 0 Å². The van der Waals surface area contributed by atoms with Gasteiger partial charge in [-0.05, 0) is 182 Å². The van der Waals surface area contributed by atoms with Crippen molar-refractivity contribution in [2.45, 2.75) is 77.8 Å².